The summed E-state index contributed by atoms with van der Waals surface area (Å²) in [5, 5.41) is 8.09. The van der Waals surface area contributed by atoms with E-state index in [0.29, 0.717) is 12.5 Å². The lowest BCUT2D eigenvalue weighted by Gasteiger charge is -2.26. The normalized spacial score (nSPS) is 18.9. The molecule has 2 aliphatic rings. The molecular formula is C22H26N4O. The average Bonchev–Trinajstić information content (AvgIpc) is 2.97. The van der Waals surface area contributed by atoms with E-state index in [9.17, 15) is 4.79 Å². The van der Waals surface area contributed by atoms with E-state index in [1.807, 2.05) is 16.6 Å². The number of nitrogens with one attached hydrogen (secondary N) is 1. The van der Waals surface area contributed by atoms with Crippen molar-refractivity contribution in [2.45, 2.75) is 33.2 Å². The fourth-order valence-electron chi connectivity index (χ4n) is 3.88. The number of fused-ring (bicyclic) bond motifs is 1. The molecule has 4 rings (SSSR count). The smallest absolute Gasteiger partial charge is 0.219 e. The van der Waals surface area contributed by atoms with Gasteiger partial charge in [-0.1, -0.05) is 37.3 Å². The summed E-state index contributed by atoms with van der Waals surface area (Å²) in [5.41, 5.74) is 5.85. The number of amides is 1. The van der Waals surface area contributed by atoms with Crippen molar-refractivity contribution in [1.29, 1.82) is 0 Å². The third kappa shape index (κ3) is 3.54. The van der Waals surface area contributed by atoms with Crippen LogP contribution in [0, 0.1) is 5.92 Å². The summed E-state index contributed by atoms with van der Waals surface area (Å²) in [6.45, 7) is 5.25. The highest BCUT2D eigenvalue weighted by molar-refractivity contribution is 5.77. The summed E-state index contributed by atoms with van der Waals surface area (Å²) < 4.78 is 1.93. The zero-order valence-electron chi connectivity index (χ0n) is 16.2. The van der Waals surface area contributed by atoms with Crippen molar-refractivity contribution >= 4 is 23.0 Å². The summed E-state index contributed by atoms with van der Waals surface area (Å²) in [7, 11) is 1.97. The molecule has 0 radical (unpaired) electrons. The Morgan fingerprint density at radius 3 is 2.74 bits per heavy atom. The van der Waals surface area contributed by atoms with Gasteiger partial charge in [-0.05, 0) is 35.6 Å². The Kier molecular flexibility index (Phi) is 4.60. The minimum Gasteiger partial charge on any atom is -0.338 e. The lowest BCUT2D eigenvalue weighted by Crippen LogP contribution is -2.34. The number of carbonyl (C=O) groups excluding carboxylic acids is 1. The van der Waals surface area contributed by atoms with E-state index in [2.05, 4.69) is 59.8 Å². The van der Waals surface area contributed by atoms with Crippen LogP contribution in [0.4, 0.5) is 11.5 Å². The molecule has 1 aromatic heterocycles. The highest BCUT2D eigenvalue weighted by atomic mass is 16.2. The Balaban J connectivity index is 1.55. The zero-order valence-corrected chi connectivity index (χ0v) is 16.2. The first-order chi connectivity index (χ1) is 13.0. The van der Waals surface area contributed by atoms with Gasteiger partial charge in [0.25, 0.3) is 0 Å². The van der Waals surface area contributed by atoms with E-state index in [4.69, 9.17) is 0 Å². The van der Waals surface area contributed by atoms with Crippen molar-refractivity contribution in [3.8, 4) is 0 Å². The van der Waals surface area contributed by atoms with Gasteiger partial charge in [-0.2, -0.15) is 5.10 Å². The quantitative estimate of drug-likeness (QED) is 0.896. The Morgan fingerprint density at radius 2 is 2.04 bits per heavy atom. The molecule has 1 aromatic carbocycles. The number of anilines is 2. The molecule has 1 atom stereocenters. The molecule has 140 valence electrons. The maximum absolute atomic E-state index is 11.8. The Bertz CT molecular complexity index is 921. The monoisotopic (exact) mass is 362 g/mol. The molecule has 1 aliphatic carbocycles. The number of aromatic nitrogens is 2. The van der Waals surface area contributed by atoms with Gasteiger partial charge < -0.3 is 10.2 Å². The molecule has 2 aromatic rings. The highest BCUT2D eigenvalue weighted by Crippen LogP contribution is 2.29. The van der Waals surface area contributed by atoms with Gasteiger partial charge in [-0.15, -0.1) is 0 Å². The summed E-state index contributed by atoms with van der Waals surface area (Å²) in [5.74, 6) is 1.55. The van der Waals surface area contributed by atoms with Crippen LogP contribution < -0.4 is 5.32 Å². The molecule has 0 bridgehead atoms. The Hall–Kier alpha value is -2.82. The molecule has 1 unspecified atom stereocenters. The number of aryl methyl sites for hydroxylation is 1. The molecular weight excluding hydrogens is 336 g/mol. The Labute approximate surface area is 160 Å². The predicted molar refractivity (Wildman–Crippen MR) is 109 cm³/mol. The van der Waals surface area contributed by atoms with Crippen LogP contribution in [0.2, 0.25) is 0 Å². The van der Waals surface area contributed by atoms with E-state index >= 15 is 0 Å². The van der Waals surface area contributed by atoms with Gasteiger partial charge in [0.1, 0.15) is 0 Å². The average molecular weight is 362 g/mol. The van der Waals surface area contributed by atoms with Gasteiger partial charge in [-0.3, -0.25) is 9.48 Å². The van der Waals surface area contributed by atoms with E-state index < -0.39 is 0 Å². The first-order valence-corrected chi connectivity index (χ1v) is 9.57. The van der Waals surface area contributed by atoms with E-state index in [1.54, 1.807) is 6.92 Å². The van der Waals surface area contributed by atoms with Gasteiger partial charge in [0.05, 0.1) is 6.54 Å². The Morgan fingerprint density at radius 1 is 1.26 bits per heavy atom. The van der Waals surface area contributed by atoms with Gasteiger partial charge >= 0.3 is 0 Å². The van der Waals surface area contributed by atoms with Crippen LogP contribution in [-0.2, 0) is 24.8 Å². The fourth-order valence-corrected chi connectivity index (χ4v) is 3.88. The number of rotatable bonds is 3. The summed E-state index contributed by atoms with van der Waals surface area (Å²) >= 11 is 0. The van der Waals surface area contributed by atoms with E-state index in [-0.39, 0.29) is 5.91 Å². The van der Waals surface area contributed by atoms with Crippen molar-refractivity contribution in [2.75, 3.05) is 11.9 Å². The number of nitrogens with zero attached hydrogens (tertiary/aromatic N) is 3. The minimum atomic E-state index is 0.114. The number of carbonyl (C=O) groups is 1. The molecule has 5 nitrogen and oxygen atoms in total. The standard InChI is InChI=1S/C22H26N4O/c1-15-5-4-6-18(13-15)17-7-9-19(10-8-17)23-22-20-14-26(16(2)27)12-11-21(20)25(3)24-22/h4,6-10,13,15H,5,11-12,14H2,1-3H3,(H,23,24). The maximum Gasteiger partial charge on any atom is 0.219 e. The molecule has 0 saturated heterocycles. The lowest BCUT2D eigenvalue weighted by molar-refractivity contribution is -0.129. The lowest BCUT2D eigenvalue weighted by atomic mass is 9.93. The number of benzene rings is 1. The van der Waals surface area contributed by atoms with Crippen LogP contribution in [0.1, 0.15) is 37.1 Å². The molecule has 27 heavy (non-hydrogen) atoms. The molecule has 0 saturated carbocycles. The van der Waals surface area contributed by atoms with Crippen molar-refractivity contribution in [1.82, 2.24) is 14.7 Å². The van der Waals surface area contributed by atoms with Crippen molar-refractivity contribution in [3.05, 3.63) is 59.3 Å². The largest absolute Gasteiger partial charge is 0.338 e. The molecule has 1 aliphatic heterocycles. The number of hydrogen-bond donors (Lipinski definition) is 1. The summed E-state index contributed by atoms with van der Waals surface area (Å²) in [4.78, 5) is 13.6. The van der Waals surface area contributed by atoms with Crippen LogP contribution in [0.3, 0.4) is 0 Å². The maximum atomic E-state index is 11.8. The number of hydrogen-bond acceptors (Lipinski definition) is 3. The van der Waals surface area contributed by atoms with Gasteiger partial charge in [0.2, 0.25) is 5.91 Å². The van der Waals surface area contributed by atoms with Crippen LogP contribution in [-0.4, -0.2) is 27.1 Å². The molecule has 1 N–H and O–H groups in total. The first-order valence-electron chi connectivity index (χ1n) is 9.57. The first kappa shape index (κ1) is 17.6. The molecule has 0 spiro atoms. The van der Waals surface area contributed by atoms with Crippen LogP contribution >= 0.6 is 0 Å². The topological polar surface area (TPSA) is 50.2 Å². The predicted octanol–water partition coefficient (Wildman–Crippen LogP) is 4.05. The molecule has 5 heteroatoms. The second-order valence-electron chi connectivity index (χ2n) is 7.53. The highest BCUT2D eigenvalue weighted by Gasteiger charge is 2.25. The van der Waals surface area contributed by atoms with Gasteiger partial charge in [0, 0.05) is 43.9 Å². The third-order valence-electron chi connectivity index (χ3n) is 5.44. The van der Waals surface area contributed by atoms with Gasteiger partial charge in [-0.25, -0.2) is 0 Å². The fraction of sp³-hybridized carbons (Fsp3) is 0.364. The van der Waals surface area contributed by atoms with Crippen LogP contribution in [0.15, 0.2) is 42.5 Å². The summed E-state index contributed by atoms with van der Waals surface area (Å²) in [6, 6.07) is 8.48. The van der Waals surface area contributed by atoms with E-state index in [1.165, 1.54) is 16.8 Å². The zero-order chi connectivity index (χ0) is 19.0. The molecule has 2 heterocycles. The second kappa shape index (κ2) is 7.06. The molecule has 0 fully saturated rings. The van der Waals surface area contributed by atoms with Gasteiger partial charge in [0.15, 0.2) is 5.82 Å². The SMILES string of the molecule is CC(=O)N1CCc2c(c(Nc3ccc(C4=CC(C)CC=C4)cc3)nn2C)C1. The third-order valence-corrected chi connectivity index (χ3v) is 5.44. The number of allylic oxidation sites excluding steroid dienone is 4. The minimum absolute atomic E-state index is 0.114. The van der Waals surface area contributed by atoms with Crippen LogP contribution in [0.25, 0.3) is 5.57 Å². The molecule has 1 amide bonds. The van der Waals surface area contributed by atoms with E-state index in [0.717, 1.165) is 36.5 Å². The van der Waals surface area contributed by atoms with Crippen LogP contribution in [0.5, 0.6) is 0 Å². The summed E-state index contributed by atoms with van der Waals surface area (Å²) in [6.07, 6.45) is 8.73. The second-order valence-corrected chi connectivity index (χ2v) is 7.53. The van der Waals surface area contributed by atoms with Crippen molar-refractivity contribution < 1.29 is 4.79 Å². The van der Waals surface area contributed by atoms with Crippen molar-refractivity contribution in [3.63, 3.8) is 0 Å². The van der Waals surface area contributed by atoms with Crippen molar-refractivity contribution in [2.24, 2.45) is 13.0 Å².